The van der Waals surface area contributed by atoms with E-state index in [4.69, 9.17) is 4.74 Å². The largest absolute Gasteiger partial charge is 0.497 e. The van der Waals surface area contributed by atoms with Crippen molar-refractivity contribution < 1.29 is 9.13 Å². The summed E-state index contributed by atoms with van der Waals surface area (Å²) in [5.41, 5.74) is 1.83. The molecule has 2 rings (SSSR count). The molecule has 2 aromatic carbocycles. The number of ether oxygens (including phenoxy) is 1. The maximum absolute atomic E-state index is 13.5. The zero-order valence-electron chi connectivity index (χ0n) is 10.1. The van der Waals surface area contributed by atoms with Gasteiger partial charge in [0.1, 0.15) is 11.6 Å². The molecule has 94 valence electrons. The fourth-order valence-electron chi connectivity index (χ4n) is 1.79. The van der Waals surface area contributed by atoms with E-state index in [9.17, 15) is 4.39 Å². The first-order chi connectivity index (χ1) is 8.70. The van der Waals surface area contributed by atoms with Gasteiger partial charge in [0.15, 0.2) is 0 Å². The van der Waals surface area contributed by atoms with Crippen molar-refractivity contribution in [2.75, 3.05) is 7.11 Å². The van der Waals surface area contributed by atoms with E-state index in [-0.39, 0.29) is 10.6 Å². The lowest BCUT2D eigenvalue weighted by atomic mass is 10.0. The van der Waals surface area contributed by atoms with Crippen LogP contribution in [0.25, 0.3) is 0 Å². The highest BCUT2D eigenvalue weighted by molar-refractivity contribution is 9.09. The van der Waals surface area contributed by atoms with Crippen LogP contribution in [0.2, 0.25) is 0 Å². The average Bonchev–Trinajstić information content (AvgIpc) is 2.41. The van der Waals surface area contributed by atoms with Crippen LogP contribution in [0, 0.1) is 5.82 Å². The fourth-order valence-corrected chi connectivity index (χ4v) is 2.44. The molecule has 0 fully saturated rings. The number of hydrogen-bond donors (Lipinski definition) is 0. The quantitative estimate of drug-likeness (QED) is 0.755. The van der Waals surface area contributed by atoms with Gasteiger partial charge in [-0.05, 0) is 35.7 Å². The molecule has 0 spiro atoms. The maximum atomic E-state index is 13.5. The highest BCUT2D eigenvalue weighted by Crippen LogP contribution is 2.29. The predicted molar refractivity (Wildman–Crippen MR) is 74.8 cm³/mol. The number of alkyl halides is 1. The van der Waals surface area contributed by atoms with Crippen LogP contribution in [0.5, 0.6) is 5.75 Å². The Kier molecular flexibility index (Phi) is 4.37. The van der Waals surface area contributed by atoms with Gasteiger partial charge in [0, 0.05) is 4.83 Å². The average molecular weight is 309 g/mol. The van der Waals surface area contributed by atoms with E-state index >= 15 is 0 Å². The van der Waals surface area contributed by atoms with E-state index in [0.717, 1.165) is 16.9 Å². The van der Waals surface area contributed by atoms with Gasteiger partial charge >= 0.3 is 0 Å². The second-order valence-corrected chi connectivity index (χ2v) is 5.14. The number of hydrogen-bond acceptors (Lipinski definition) is 1. The van der Waals surface area contributed by atoms with Gasteiger partial charge in [-0.2, -0.15) is 0 Å². The van der Waals surface area contributed by atoms with E-state index in [1.807, 2.05) is 36.4 Å². The Balaban J connectivity index is 2.11. The third-order valence-electron chi connectivity index (χ3n) is 2.83. The fraction of sp³-hybridized carbons (Fsp3) is 0.200. The molecule has 0 aliphatic rings. The lowest BCUT2D eigenvalue weighted by Gasteiger charge is -2.11. The summed E-state index contributed by atoms with van der Waals surface area (Å²) in [7, 11) is 1.64. The summed E-state index contributed by atoms with van der Waals surface area (Å²) in [6.07, 6.45) is 0.624. The summed E-state index contributed by atoms with van der Waals surface area (Å²) in [4.78, 5) is 0.0975. The number of halogens is 2. The highest BCUT2D eigenvalue weighted by atomic mass is 79.9. The summed E-state index contributed by atoms with van der Waals surface area (Å²) in [5.74, 6) is 0.666. The van der Waals surface area contributed by atoms with E-state index in [1.165, 1.54) is 6.07 Å². The van der Waals surface area contributed by atoms with Crippen molar-refractivity contribution >= 4 is 15.9 Å². The Morgan fingerprint density at radius 1 is 1.11 bits per heavy atom. The van der Waals surface area contributed by atoms with Gasteiger partial charge in [-0.3, -0.25) is 0 Å². The Morgan fingerprint density at radius 3 is 2.39 bits per heavy atom. The van der Waals surface area contributed by atoms with Crippen molar-refractivity contribution in [2.24, 2.45) is 0 Å². The zero-order chi connectivity index (χ0) is 13.0. The van der Waals surface area contributed by atoms with Gasteiger partial charge in [0.05, 0.1) is 7.11 Å². The first-order valence-electron chi connectivity index (χ1n) is 5.72. The Hall–Kier alpha value is -1.35. The summed E-state index contributed by atoms with van der Waals surface area (Å²) in [6, 6.07) is 14.6. The topological polar surface area (TPSA) is 9.23 Å². The maximum Gasteiger partial charge on any atom is 0.126 e. The van der Waals surface area contributed by atoms with Crippen LogP contribution >= 0.6 is 15.9 Å². The van der Waals surface area contributed by atoms with Gasteiger partial charge in [0.2, 0.25) is 0 Å². The molecule has 0 heterocycles. The van der Waals surface area contributed by atoms with Crippen LogP contribution in [-0.2, 0) is 6.42 Å². The van der Waals surface area contributed by atoms with Crippen LogP contribution in [0.15, 0.2) is 48.5 Å². The molecule has 0 bridgehead atoms. The van der Waals surface area contributed by atoms with Gasteiger partial charge in [-0.15, -0.1) is 0 Å². The van der Waals surface area contributed by atoms with Crippen LogP contribution in [0.4, 0.5) is 4.39 Å². The SMILES string of the molecule is COc1ccc(C(Br)Cc2ccccc2F)cc1. The predicted octanol–water partition coefficient (Wildman–Crippen LogP) is 4.51. The summed E-state index contributed by atoms with van der Waals surface area (Å²) in [5, 5.41) is 0. The highest BCUT2D eigenvalue weighted by Gasteiger charge is 2.11. The molecule has 0 N–H and O–H groups in total. The Labute approximate surface area is 115 Å². The summed E-state index contributed by atoms with van der Waals surface area (Å²) < 4.78 is 18.7. The van der Waals surface area contributed by atoms with Gasteiger partial charge in [-0.25, -0.2) is 4.39 Å². The zero-order valence-corrected chi connectivity index (χ0v) is 11.7. The molecule has 0 amide bonds. The van der Waals surface area contributed by atoms with E-state index in [2.05, 4.69) is 15.9 Å². The molecular weight excluding hydrogens is 295 g/mol. The molecule has 2 aromatic rings. The Bertz CT molecular complexity index is 510. The molecular formula is C15H14BrFO. The summed E-state index contributed by atoms with van der Waals surface area (Å²) >= 11 is 3.60. The van der Waals surface area contributed by atoms with Gasteiger partial charge in [-0.1, -0.05) is 46.3 Å². The molecule has 0 saturated carbocycles. The van der Waals surface area contributed by atoms with Gasteiger partial charge in [0.25, 0.3) is 0 Å². The van der Waals surface area contributed by atoms with Crippen molar-refractivity contribution in [3.8, 4) is 5.75 Å². The molecule has 0 aliphatic carbocycles. The van der Waals surface area contributed by atoms with Crippen molar-refractivity contribution in [3.05, 3.63) is 65.5 Å². The van der Waals surface area contributed by atoms with Crippen molar-refractivity contribution in [3.63, 3.8) is 0 Å². The molecule has 1 unspecified atom stereocenters. The molecule has 18 heavy (non-hydrogen) atoms. The molecule has 0 aromatic heterocycles. The molecule has 3 heteroatoms. The molecule has 0 aliphatic heterocycles. The molecule has 0 radical (unpaired) electrons. The van der Waals surface area contributed by atoms with Crippen molar-refractivity contribution in [1.82, 2.24) is 0 Å². The monoisotopic (exact) mass is 308 g/mol. The van der Waals surface area contributed by atoms with Crippen LogP contribution in [0.3, 0.4) is 0 Å². The molecule has 1 nitrogen and oxygen atoms in total. The van der Waals surface area contributed by atoms with E-state index in [0.29, 0.717) is 6.42 Å². The van der Waals surface area contributed by atoms with Crippen LogP contribution in [0.1, 0.15) is 16.0 Å². The molecule has 1 atom stereocenters. The van der Waals surface area contributed by atoms with Crippen molar-refractivity contribution in [1.29, 1.82) is 0 Å². The minimum atomic E-state index is -0.157. The van der Waals surface area contributed by atoms with Crippen LogP contribution < -0.4 is 4.74 Å². The van der Waals surface area contributed by atoms with E-state index < -0.39 is 0 Å². The number of rotatable bonds is 4. The number of methoxy groups -OCH3 is 1. The third-order valence-corrected chi connectivity index (χ3v) is 3.69. The minimum absolute atomic E-state index is 0.0975. The second kappa shape index (κ2) is 6.01. The standard InChI is InChI=1S/C15H14BrFO/c1-18-13-8-6-11(7-9-13)14(16)10-12-4-2-3-5-15(12)17/h2-9,14H,10H2,1H3. The lowest BCUT2D eigenvalue weighted by Crippen LogP contribution is -1.98. The number of benzene rings is 2. The second-order valence-electron chi connectivity index (χ2n) is 4.04. The lowest BCUT2D eigenvalue weighted by molar-refractivity contribution is 0.414. The molecule has 0 saturated heterocycles. The smallest absolute Gasteiger partial charge is 0.126 e. The first kappa shape index (κ1) is 13.1. The third kappa shape index (κ3) is 3.10. The normalized spacial score (nSPS) is 12.2. The van der Waals surface area contributed by atoms with Crippen LogP contribution in [-0.4, -0.2) is 7.11 Å². The van der Waals surface area contributed by atoms with Gasteiger partial charge < -0.3 is 4.74 Å². The Morgan fingerprint density at radius 2 is 1.78 bits per heavy atom. The summed E-state index contributed by atoms with van der Waals surface area (Å²) in [6.45, 7) is 0. The van der Waals surface area contributed by atoms with Crippen molar-refractivity contribution in [2.45, 2.75) is 11.2 Å². The minimum Gasteiger partial charge on any atom is -0.497 e. The first-order valence-corrected chi connectivity index (χ1v) is 6.63. The van der Waals surface area contributed by atoms with E-state index in [1.54, 1.807) is 13.2 Å².